The lowest BCUT2D eigenvalue weighted by Crippen LogP contribution is -2.44. The van der Waals surface area contributed by atoms with Crippen LogP contribution in [0.4, 0.5) is 5.82 Å². The van der Waals surface area contributed by atoms with Gasteiger partial charge in [0, 0.05) is 26.4 Å². The maximum Gasteiger partial charge on any atom is 0.126 e. The third-order valence-electron chi connectivity index (χ3n) is 5.52. The first-order valence-electron chi connectivity index (χ1n) is 9.08. The topological polar surface area (TPSA) is 37.4 Å². The molecule has 0 aromatic carbocycles. The summed E-state index contributed by atoms with van der Waals surface area (Å²) in [4.78, 5) is 7.09. The second-order valence-corrected chi connectivity index (χ2v) is 7.67. The molecule has 2 aliphatic rings. The Morgan fingerprint density at radius 2 is 2.04 bits per heavy atom. The summed E-state index contributed by atoms with van der Waals surface area (Å²) in [5, 5.41) is 3.60. The molecule has 128 valence electrons. The molecular weight excluding hydrogens is 286 g/mol. The molecule has 4 nitrogen and oxygen atoms in total. The molecule has 3 rings (SSSR count). The molecule has 0 radical (unpaired) electrons. The molecule has 2 fully saturated rings. The van der Waals surface area contributed by atoms with E-state index in [9.17, 15) is 0 Å². The summed E-state index contributed by atoms with van der Waals surface area (Å²) >= 11 is 0. The van der Waals surface area contributed by atoms with Crippen LogP contribution in [-0.2, 0) is 4.74 Å². The summed E-state index contributed by atoms with van der Waals surface area (Å²) in [5.41, 5.74) is 0. The first-order valence-corrected chi connectivity index (χ1v) is 9.08. The van der Waals surface area contributed by atoms with Gasteiger partial charge < -0.3 is 15.0 Å². The van der Waals surface area contributed by atoms with E-state index in [1.807, 2.05) is 31.5 Å². The lowest BCUT2D eigenvalue weighted by molar-refractivity contribution is 0.0304. The van der Waals surface area contributed by atoms with Gasteiger partial charge >= 0.3 is 0 Å². The largest absolute Gasteiger partial charge is 0.379 e. The molecule has 1 N–H and O–H groups in total. The number of hydrogen-bond acceptors (Lipinski definition) is 4. The lowest BCUT2D eigenvalue weighted by atomic mass is 9.77. The number of rotatable bonds is 6. The Balaban J connectivity index is 1.59. The zero-order chi connectivity index (χ0) is 16.2. The first-order chi connectivity index (χ1) is 11.2. The van der Waals surface area contributed by atoms with E-state index in [0.717, 1.165) is 23.6 Å². The van der Waals surface area contributed by atoms with Gasteiger partial charge in [-0.15, -0.1) is 0 Å². The molecule has 23 heavy (non-hydrogen) atoms. The predicted octanol–water partition coefficient (Wildman–Crippen LogP) is 3.27. The van der Waals surface area contributed by atoms with Gasteiger partial charge in [0.05, 0.1) is 12.1 Å². The third-order valence-corrected chi connectivity index (χ3v) is 5.52. The molecule has 1 aliphatic carbocycles. The third kappa shape index (κ3) is 4.24. The van der Waals surface area contributed by atoms with Gasteiger partial charge in [0.25, 0.3) is 0 Å². The number of nitrogens with one attached hydrogen (secondary N) is 1. The van der Waals surface area contributed by atoms with Crippen LogP contribution in [0.3, 0.4) is 0 Å². The molecule has 1 aromatic rings. The summed E-state index contributed by atoms with van der Waals surface area (Å²) in [6.07, 6.45) is 5.81. The summed E-state index contributed by atoms with van der Waals surface area (Å²) in [6, 6.07) is 6.41. The van der Waals surface area contributed by atoms with Gasteiger partial charge in [-0.25, -0.2) is 4.98 Å². The molecular formula is C19H31N3O. The number of ether oxygens (including phenoxy) is 1. The van der Waals surface area contributed by atoms with E-state index >= 15 is 0 Å². The van der Waals surface area contributed by atoms with Gasteiger partial charge in [-0.1, -0.05) is 19.9 Å². The van der Waals surface area contributed by atoms with Crippen LogP contribution in [0.5, 0.6) is 0 Å². The molecule has 4 atom stereocenters. The Morgan fingerprint density at radius 1 is 1.26 bits per heavy atom. The summed E-state index contributed by atoms with van der Waals surface area (Å²) < 4.78 is 5.81. The standard InChI is InChI=1S/C19H31N3O/c1-14(2)7-9-22-12-15-10-17(18(23-3)11-16(15)13-22)21-19-6-4-5-8-20-19/h4-6,8,14-18H,7,9-13H2,1-3H3,(H,20,21)/t15-,16+,17-,18-/m1/s1. The second-order valence-electron chi connectivity index (χ2n) is 7.67. The van der Waals surface area contributed by atoms with Crippen LogP contribution in [0.15, 0.2) is 24.4 Å². The number of anilines is 1. The Hall–Kier alpha value is -1.13. The van der Waals surface area contributed by atoms with Crippen molar-refractivity contribution in [2.45, 2.75) is 45.3 Å². The second kappa shape index (κ2) is 7.63. The van der Waals surface area contributed by atoms with E-state index in [1.165, 1.54) is 38.9 Å². The molecule has 1 aliphatic heterocycles. The Morgan fingerprint density at radius 3 is 2.70 bits per heavy atom. The highest BCUT2D eigenvalue weighted by Gasteiger charge is 2.42. The van der Waals surface area contributed by atoms with Crippen molar-refractivity contribution in [3.8, 4) is 0 Å². The van der Waals surface area contributed by atoms with Crippen molar-refractivity contribution in [1.29, 1.82) is 0 Å². The van der Waals surface area contributed by atoms with Crippen LogP contribution < -0.4 is 5.32 Å². The first kappa shape index (κ1) is 16.7. The zero-order valence-electron chi connectivity index (χ0n) is 14.7. The van der Waals surface area contributed by atoms with Gasteiger partial charge in [0.2, 0.25) is 0 Å². The Bertz CT molecular complexity index is 479. The smallest absolute Gasteiger partial charge is 0.126 e. The maximum absolute atomic E-state index is 5.81. The highest BCUT2D eigenvalue weighted by molar-refractivity contribution is 5.35. The summed E-state index contributed by atoms with van der Waals surface area (Å²) in [5.74, 6) is 3.36. The van der Waals surface area contributed by atoms with Crippen LogP contribution in [0.1, 0.15) is 33.1 Å². The van der Waals surface area contributed by atoms with Crippen molar-refractivity contribution < 1.29 is 4.74 Å². The van der Waals surface area contributed by atoms with Gasteiger partial charge in [0.1, 0.15) is 5.82 Å². The highest BCUT2D eigenvalue weighted by atomic mass is 16.5. The molecule has 0 amide bonds. The average molecular weight is 317 g/mol. The van der Waals surface area contributed by atoms with Gasteiger partial charge in [-0.2, -0.15) is 0 Å². The van der Waals surface area contributed by atoms with Crippen molar-refractivity contribution >= 4 is 5.82 Å². The fourth-order valence-electron chi connectivity index (χ4n) is 4.18. The molecule has 4 heteroatoms. The predicted molar refractivity (Wildman–Crippen MR) is 94.6 cm³/mol. The van der Waals surface area contributed by atoms with E-state index < -0.39 is 0 Å². The molecule has 1 saturated carbocycles. The Labute approximate surface area is 140 Å². The molecule has 0 spiro atoms. The molecule has 2 heterocycles. The van der Waals surface area contributed by atoms with E-state index in [0.29, 0.717) is 12.1 Å². The monoisotopic (exact) mass is 317 g/mol. The minimum Gasteiger partial charge on any atom is -0.379 e. The van der Waals surface area contributed by atoms with Crippen molar-refractivity contribution in [3.63, 3.8) is 0 Å². The molecule has 1 aromatic heterocycles. The quantitative estimate of drug-likeness (QED) is 0.874. The van der Waals surface area contributed by atoms with E-state index in [4.69, 9.17) is 4.74 Å². The average Bonchev–Trinajstić information content (AvgIpc) is 2.95. The van der Waals surface area contributed by atoms with E-state index in [2.05, 4.69) is 29.0 Å². The fraction of sp³-hybridized carbons (Fsp3) is 0.737. The lowest BCUT2D eigenvalue weighted by Gasteiger charge is -2.37. The maximum atomic E-state index is 5.81. The zero-order valence-corrected chi connectivity index (χ0v) is 14.7. The van der Waals surface area contributed by atoms with E-state index in [1.54, 1.807) is 0 Å². The van der Waals surface area contributed by atoms with Crippen LogP contribution in [0.2, 0.25) is 0 Å². The van der Waals surface area contributed by atoms with Crippen molar-refractivity contribution in [2.75, 3.05) is 32.1 Å². The fourth-order valence-corrected chi connectivity index (χ4v) is 4.18. The number of methoxy groups -OCH3 is 1. The van der Waals surface area contributed by atoms with Gasteiger partial charge in [0.15, 0.2) is 0 Å². The number of pyridine rings is 1. The summed E-state index contributed by atoms with van der Waals surface area (Å²) in [7, 11) is 1.85. The van der Waals surface area contributed by atoms with Crippen molar-refractivity contribution in [3.05, 3.63) is 24.4 Å². The number of aromatic nitrogens is 1. The van der Waals surface area contributed by atoms with E-state index in [-0.39, 0.29) is 0 Å². The number of nitrogens with zero attached hydrogens (tertiary/aromatic N) is 2. The van der Waals surface area contributed by atoms with Crippen LogP contribution in [-0.4, -0.2) is 48.8 Å². The SMILES string of the molecule is CO[C@@H]1C[C@H]2CN(CCC(C)C)C[C@H]2C[C@H]1Nc1ccccn1. The molecule has 0 unspecified atom stereocenters. The minimum absolute atomic E-state index is 0.295. The van der Waals surface area contributed by atoms with Crippen LogP contribution in [0.25, 0.3) is 0 Å². The van der Waals surface area contributed by atoms with Crippen LogP contribution in [0, 0.1) is 17.8 Å². The van der Waals surface area contributed by atoms with Gasteiger partial charge in [-0.3, -0.25) is 0 Å². The van der Waals surface area contributed by atoms with Crippen molar-refractivity contribution in [1.82, 2.24) is 9.88 Å². The number of fused-ring (bicyclic) bond motifs is 1. The normalized spacial score (nSPS) is 31.3. The minimum atomic E-state index is 0.295. The Kier molecular flexibility index (Phi) is 5.54. The summed E-state index contributed by atoms with van der Waals surface area (Å²) in [6.45, 7) is 8.40. The highest BCUT2D eigenvalue weighted by Crippen LogP contribution is 2.38. The molecule has 0 bridgehead atoms. The van der Waals surface area contributed by atoms with Crippen molar-refractivity contribution in [2.24, 2.45) is 17.8 Å². The number of likely N-dealkylation sites (tertiary alicyclic amines) is 1. The van der Waals surface area contributed by atoms with Gasteiger partial charge in [-0.05, 0) is 55.7 Å². The van der Waals surface area contributed by atoms with Crippen LogP contribution >= 0.6 is 0 Å². The molecule has 1 saturated heterocycles. The number of hydrogen-bond donors (Lipinski definition) is 1.